The molecule has 3 aromatic carbocycles. The van der Waals surface area contributed by atoms with Gasteiger partial charge in [0.1, 0.15) is 23.0 Å². The van der Waals surface area contributed by atoms with Gasteiger partial charge in [0.15, 0.2) is 0 Å². The maximum atomic E-state index is 13.9. The van der Waals surface area contributed by atoms with Crippen LogP contribution >= 0.6 is 0 Å². The third kappa shape index (κ3) is 5.76. The number of rotatable bonds is 8. The highest BCUT2D eigenvalue weighted by molar-refractivity contribution is 7.92. The van der Waals surface area contributed by atoms with E-state index in [4.69, 9.17) is 4.42 Å². The number of furan rings is 1. The normalized spacial score (nSPS) is 16.4. The van der Waals surface area contributed by atoms with Crippen molar-refractivity contribution in [2.24, 2.45) is 0 Å². The van der Waals surface area contributed by atoms with E-state index in [-0.39, 0.29) is 46.3 Å². The lowest BCUT2D eigenvalue weighted by atomic mass is 9.89. The van der Waals surface area contributed by atoms with E-state index in [1.54, 1.807) is 6.07 Å². The van der Waals surface area contributed by atoms with Crippen LogP contribution in [0.25, 0.3) is 22.3 Å². The van der Waals surface area contributed by atoms with Crippen molar-refractivity contribution in [1.29, 1.82) is 0 Å². The van der Waals surface area contributed by atoms with Crippen LogP contribution in [-0.2, 0) is 20.0 Å². The Kier molecular flexibility index (Phi) is 8.10. The van der Waals surface area contributed by atoms with Crippen LogP contribution in [-0.4, -0.2) is 52.9 Å². The number of amides is 1. The maximum Gasteiger partial charge on any atom is 0.255 e. The molecule has 0 spiro atoms. The zero-order valence-electron chi connectivity index (χ0n) is 22.9. The summed E-state index contributed by atoms with van der Waals surface area (Å²) in [5.74, 6) is -2.13. The van der Waals surface area contributed by atoms with Gasteiger partial charge in [-0.05, 0) is 79.8 Å². The highest BCUT2D eigenvalue weighted by atomic mass is 32.2. The van der Waals surface area contributed by atoms with Crippen LogP contribution in [0.3, 0.4) is 0 Å². The average molecular weight is 618 g/mol. The lowest BCUT2D eigenvalue weighted by molar-refractivity contribution is 0.0964. The van der Waals surface area contributed by atoms with Gasteiger partial charge in [-0.25, -0.2) is 25.6 Å². The van der Waals surface area contributed by atoms with Crippen molar-refractivity contribution < 1.29 is 34.8 Å². The zero-order valence-corrected chi connectivity index (χ0v) is 24.5. The molecule has 1 saturated heterocycles. The molecule has 0 aliphatic carbocycles. The smallest absolute Gasteiger partial charge is 0.255 e. The first kappa shape index (κ1) is 29.7. The molecule has 222 valence electrons. The summed E-state index contributed by atoms with van der Waals surface area (Å²) in [4.78, 5) is 12.9. The monoisotopic (exact) mass is 617 g/mol. The molecular formula is C29H29F2N3O6S2. The molecule has 1 aliphatic rings. The molecule has 5 rings (SSSR count). The topological polar surface area (TPSA) is 126 Å². The van der Waals surface area contributed by atoms with Gasteiger partial charge >= 0.3 is 0 Å². The van der Waals surface area contributed by atoms with Gasteiger partial charge in [0.2, 0.25) is 20.0 Å². The number of nitrogens with one attached hydrogen (secondary N) is 2. The van der Waals surface area contributed by atoms with Crippen molar-refractivity contribution in [3.63, 3.8) is 0 Å². The lowest BCUT2D eigenvalue weighted by Gasteiger charge is -2.33. The number of piperidine rings is 1. The van der Waals surface area contributed by atoms with Crippen molar-refractivity contribution >= 4 is 42.6 Å². The second-order valence-corrected chi connectivity index (χ2v) is 13.9. The van der Waals surface area contributed by atoms with Gasteiger partial charge in [0.05, 0.1) is 21.9 Å². The molecule has 1 aromatic heterocycles. The first-order valence-corrected chi connectivity index (χ1v) is 16.4. The number of anilines is 1. The minimum absolute atomic E-state index is 0.00316. The van der Waals surface area contributed by atoms with Crippen molar-refractivity contribution in [3.8, 4) is 11.3 Å². The summed E-state index contributed by atoms with van der Waals surface area (Å²) in [7, 11) is -6.34. The Labute approximate surface area is 242 Å². The minimum Gasteiger partial charge on any atom is -0.455 e. The van der Waals surface area contributed by atoms with Crippen LogP contribution in [0.4, 0.5) is 14.5 Å². The van der Waals surface area contributed by atoms with Crippen molar-refractivity contribution in [2.75, 3.05) is 30.6 Å². The maximum absolute atomic E-state index is 13.9. The van der Waals surface area contributed by atoms with Gasteiger partial charge in [-0.3, -0.25) is 9.52 Å². The average Bonchev–Trinajstić information content (AvgIpc) is 3.35. The van der Waals surface area contributed by atoms with Crippen LogP contribution in [0.15, 0.2) is 70.0 Å². The fraction of sp³-hybridized carbons (Fsp3) is 0.276. The summed E-state index contributed by atoms with van der Waals surface area (Å²) in [6.45, 7) is 1.69. The molecule has 13 heteroatoms. The van der Waals surface area contributed by atoms with Crippen molar-refractivity contribution in [3.05, 3.63) is 83.4 Å². The second-order valence-electron chi connectivity index (χ2n) is 9.99. The molecular weight excluding hydrogens is 588 g/mol. The number of carbonyl (C=O) groups is 1. The van der Waals surface area contributed by atoms with Gasteiger partial charge in [-0.1, -0.05) is 6.07 Å². The van der Waals surface area contributed by atoms with Crippen LogP contribution in [0.2, 0.25) is 0 Å². The fourth-order valence-corrected chi connectivity index (χ4v) is 7.38. The minimum atomic E-state index is -4.04. The van der Waals surface area contributed by atoms with E-state index >= 15 is 0 Å². The highest BCUT2D eigenvalue weighted by Gasteiger charge is 2.33. The molecule has 0 bridgehead atoms. The van der Waals surface area contributed by atoms with E-state index in [1.807, 2.05) is 0 Å². The Balaban J connectivity index is 1.66. The van der Waals surface area contributed by atoms with Gasteiger partial charge in [0.25, 0.3) is 5.91 Å². The number of fused-ring (bicyclic) bond motifs is 1. The van der Waals surface area contributed by atoms with E-state index in [0.29, 0.717) is 29.4 Å². The fourth-order valence-electron chi connectivity index (χ4n) is 5.17. The molecule has 0 saturated carbocycles. The summed E-state index contributed by atoms with van der Waals surface area (Å²) in [5, 5.41) is 2.97. The molecule has 1 aliphatic heterocycles. The number of hydrogen-bond acceptors (Lipinski definition) is 6. The van der Waals surface area contributed by atoms with Crippen LogP contribution in [0, 0.1) is 11.6 Å². The van der Waals surface area contributed by atoms with Crippen LogP contribution in [0.5, 0.6) is 0 Å². The summed E-state index contributed by atoms with van der Waals surface area (Å²) in [5.41, 5.74) is 1.50. The predicted octanol–water partition coefficient (Wildman–Crippen LogP) is 5.07. The molecule has 2 N–H and O–H groups in total. The standard InChI is InChI=1S/C29H29F2N3O6S2/c1-3-41(36,37)33-25-16-26-24(27(29(35)32-2)28(40-26)18-9-11-20(30)12-10-18)15-23(25)19-6-5-13-34(17-19)42(38,39)22-8-4-7-21(31)14-22/h4,7-12,14-16,19,33H,3,5-6,13,17H2,1-2H3,(H,32,35)/t19-/m0/s1. The quantitative estimate of drug-likeness (QED) is 0.285. The number of hydrogen-bond donors (Lipinski definition) is 2. The predicted molar refractivity (Wildman–Crippen MR) is 155 cm³/mol. The highest BCUT2D eigenvalue weighted by Crippen LogP contribution is 2.41. The third-order valence-electron chi connectivity index (χ3n) is 7.32. The Bertz CT molecular complexity index is 1870. The Hall–Kier alpha value is -3.81. The molecule has 9 nitrogen and oxygen atoms in total. The lowest BCUT2D eigenvalue weighted by Crippen LogP contribution is -2.39. The molecule has 1 fully saturated rings. The van der Waals surface area contributed by atoms with E-state index in [0.717, 1.165) is 12.1 Å². The summed E-state index contributed by atoms with van der Waals surface area (Å²) in [6, 6.07) is 13.3. The second kappa shape index (κ2) is 11.5. The van der Waals surface area contributed by atoms with E-state index < -0.39 is 43.5 Å². The molecule has 4 aromatic rings. The summed E-state index contributed by atoms with van der Waals surface area (Å²) >= 11 is 0. The Morgan fingerprint density at radius 3 is 2.43 bits per heavy atom. The van der Waals surface area contributed by atoms with E-state index in [9.17, 15) is 30.4 Å². The number of sulfonamides is 2. The molecule has 0 unspecified atom stereocenters. The largest absolute Gasteiger partial charge is 0.455 e. The van der Waals surface area contributed by atoms with Crippen molar-refractivity contribution in [1.82, 2.24) is 9.62 Å². The Morgan fingerprint density at radius 2 is 1.76 bits per heavy atom. The van der Waals surface area contributed by atoms with Crippen molar-refractivity contribution in [2.45, 2.75) is 30.6 Å². The van der Waals surface area contributed by atoms with Gasteiger partial charge < -0.3 is 9.73 Å². The number of nitrogens with zero attached hydrogens (tertiary/aromatic N) is 1. The Morgan fingerprint density at radius 1 is 1.02 bits per heavy atom. The number of halogens is 2. The SMILES string of the molecule is CCS(=O)(=O)Nc1cc2oc(-c3ccc(F)cc3)c(C(=O)NC)c2cc1[C@H]1CCCN(S(=O)(=O)c2cccc(F)c2)C1. The third-order valence-corrected chi connectivity index (χ3v) is 10.5. The first-order valence-electron chi connectivity index (χ1n) is 13.3. The summed E-state index contributed by atoms with van der Waals surface area (Å²) < 4.78 is 89.6. The zero-order chi connectivity index (χ0) is 30.2. The van der Waals surface area contributed by atoms with E-state index in [2.05, 4.69) is 10.0 Å². The molecule has 1 amide bonds. The van der Waals surface area contributed by atoms with Gasteiger partial charge in [-0.15, -0.1) is 0 Å². The first-order chi connectivity index (χ1) is 19.9. The number of carbonyl (C=O) groups excluding carboxylic acids is 1. The molecule has 2 heterocycles. The van der Waals surface area contributed by atoms with Gasteiger partial charge in [0, 0.05) is 37.2 Å². The van der Waals surface area contributed by atoms with Crippen LogP contribution in [0.1, 0.15) is 41.6 Å². The molecule has 1 atom stereocenters. The van der Waals surface area contributed by atoms with E-state index in [1.165, 1.54) is 60.7 Å². The molecule has 0 radical (unpaired) electrons. The summed E-state index contributed by atoms with van der Waals surface area (Å²) in [6.07, 6.45) is 0.991. The van der Waals surface area contributed by atoms with Crippen LogP contribution < -0.4 is 10.0 Å². The number of benzene rings is 3. The van der Waals surface area contributed by atoms with Gasteiger partial charge in [-0.2, -0.15) is 4.31 Å². The molecule has 42 heavy (non-hydrogen) atoms.